The predicted molar refractivity (Wildman–Crippen MR) is 72.9 cm³/mol. The van der Waals surface area contributed by atoms with Gasteiger partial charge in [-0.1, -0.05) is 23.2 Å². The number of nitrogens with one attached hydrogen (secondary N) is 1. The van der Waals surface area contributed by atoms with Gasteiger partial charge in [0.15, 0.2) is 0 Å². The quantitative estimate of drug-likeness (QED) is 0.822. The number of rotatable bonds is 6. The molecule has 0 aliphatic rings. The van der Waals surface area contributed by atoms with Gasteiger partial charge in [-0.2, -0.15) is 0 Å². The maximum Gasteiger partial charge on any atom is 0.240 e. The van der Waals surface area contributed by atoms with Gasteiger partial charge in [0.1, 0.15) is 0 Å². The molecule has 1 aromatic rings. The van der Waals surface area contributed by atoms with E-state index in [0.29, 0.717) is 30.2 Å². The summed E-state index contributed by atoms with van der Waals surface area (Å²) in [7, 11) is -1.99. The Bertz CT molecular complexity index is 517. The topological polar surface area (TPSA) is 55.4 Å². The van der Waals surface area contributed by atoms with Gasteiger partial charge in [-0.05, 0) is 31.0 Å². The molecule has 1 aromatic carbocycles. The Morgan fingerprint density at radius 1 is 1.28 bits per heavy atom. The number of aryl methyl sites for hydroxylation is 1. The second-order valence-electron chi connectivity index (χ2n) is 3.78. The number of halogens is 2. The predicted octanol–water partition coefficient (Wildman–Crippen LogP) is 2.62. The maximum atomic E-state index is 12.0. The van der Waals surface area contributed by atoms with E-state index in [0.717, 1.165) is 0 Å². The molecule has 1 N–H and O–H groups in total. The summed E-state index contributed by atoms with van der Waals surface area (Å²) in [5.41, 5.74) is 0.559. The third-order valence-electron chi connectivity index (χ3n) is 2.32. The van der Waals surface area contributed by atoms with Crippen molar-refractivity contribution in [1.82, 2.24) is 4.72 Å². The van der Waals surface area contributed by atoms with Crippen molar-refractivity contribution in [2.75, 3.05) is 20.3 Å². The summed E-state index contributed by atoms with van der Waals surface area (Å²) in [6.45, 7) is 2.49. The van der Waals surface area contributed by atoms with Crippen molar-refractivity contribution >= 4 is 33.2 Å². The van der Waals surface area contributed by atoms with E-state index in [4.69, 9.17) is 27.9 Å². The Morgan fingerprint density at radius 2 is 1.89 bits per heavy atom. The van der Waals surface area contributed by atoms with Crippen LogP contribution in [-0.2, 0) is 14.8 Å². The number of benzene rings is 1. The fraction of sp³-hybridized carbons (Fsp3) is 0.455. The van der Waals surface area contributed by atoms with Gasteiger partial charge < -0.3 is 4.74 Å². The van der Waals surface area contributed by atoms with E-state index in [1.807, 2.05) is 0 Å². The van der Waals surface area contributed by atoms with Crippen molar-refractivity contribution in [2.24, 2.45) is 0 Å². The fourth-order valence-electron chi connectivity index (χ4n) is 1.42. The van der Waals surface area contributed by atoms with Gasteiger partial charge in [-0.3, -0.25) is 0 Å². The molecule has 0 amide bonds. The Labute approximate surface area is 117 Å². The Balaban J connectivity index is 2.88. The first kappa shape index (κ1) is 15.7. The summed E-state index contributed by atoms with van der Waals surface area (Å²) in [6, 6.07) is 2.89. The number of methoxy groups -OCH3 is 1. The number of ether oxygens (including phenoxy) is 1. The molecule has 1 rings (SSSR count). The molecular formula is C11H15Cl2NO3S. The van der Waals surface area contributed by atoms with Crippen molar-refractivity contribution in [1.29, 1.82) is 0 Å². The molecule has 0 bridgehead atoms. The second kappa shape index (κ2) is 6.73. The van der Waals surface area contributed by atoms with E-state index < -0.39 is 10.0 Å². The molecule has 4 nitrogen and oxygen atoms in total. The van der Waals surface area contributed by atoms with Crippen LogP contribution >= 0.6 is 23.2 Å². The lowest BCUT2D eigenvalue weighted by Gasteiger charge is -2.10. The van der Waals surface area contributed by atoms with Crippen LogP contribution in [0.2, 0.25) is 10.0 Å². The second-order valence-corrected chi connectivity index (χ2v) is 6.33. The van der Waals surface area contributed by atoms with Crippen LogP contribution in [0.25, 0.3) is 0 Å². The van der Waals surface area contributed by atoms with Crippen molar-refractivity contribution in [3.05, 3.63) is 27.7 Å². The summed E-state index contributed by atoms with van der Waals surface area (Å²) in [4.78, 5) is 0.148. The molecule has 0 aliphatic heterocycles. The number of hydrogen-bond donors (Lipinski definition) is 1. The molecule has 0 saturated carbocycles. The minimum absolute atomic E-state index is 0.148. The highest BCUT2D eigenvalue weighted by Crippen LogP contribution is 2.27. The number of hydrogen-bond acceptors (Lipinski definition) is 3. The van der Waals surface area contributed by atoms with Crippen molar-refractivity contribution in [2.45, 2.75) is 18.2 Å². The van der Waals surface area contributed by atoms with Gasteiger partial charge in [0, 0.05) is 20.3 Å². The van der Waals surface area contributed by atoms with Crippen LogP contribution in [0.4, 0.5) is 0 Å². The fourth-order valence-corrected chi connectivity index (χ4v) is 3.19. The van der Waals surface area contributed by atoms with Gasteiger partial charge in [-0.15, -0.1) is 0 Å². The lowest BCUT2D eigenvalue weighted by atomic mass is 10.2. The van der Waals surface area contributed by atoms with Crippen LogP contribution in [0.15, 0.2) is 17.0 Å². The van der Waals surface area contributed by atoms with Gasteiger partial charge >= 0.3 is 0 Å². The highest BCUT2D eigenvalue weighted by atomic mass is 35.5. The molecule has 7 heteroatoms. The van der Waals surface area contributed by atoms with Crippen molar-refractivity contribution < 1.29 is 13.2 Å². The van der Waals surface area contributed by atoms with E-state index in [1.54, 1.807) is 14.0 Å². The standard InChI is InChI=1S/C11H15Cl2NO3S/c1-8-6-9(12)10(13)7-11(8)18(15,16)14-4-3-5-17-2/h6-7,14H,3-5H2,1-2H3. The Morgan fingerprint density at radius 3 is 2.50 bits per heavy atom. The molecule has 0 atom stereocenters. The smallest absolute Gasteiger partial charge is 0.240 e. The molecular weight excluding hydrogens is 297 g/mol. The summed E-state index contributed by atoms with van der Waals surface area (Å²) < 4.78 is 31.4. The summed E-state index contributed by atoms with van der Waals surface area (Å²) in [6.07, 6.45) is 0.607. The van der Waals surface area contributed by atoms with Crippen LogP contribution < -0.4 is 4.72 Å². The zero-order valence-electron chi connectivity index (χ0n) is 10.2. The highest BCUT2D eigenvalue weighted by molar-refractivity contribution is 7.89. The molecule has 0 saturated heterocycles. The average molecular weight is 312 g/mol. The molecule has 0 unspecified atom stereocenters. The molecule has 0 fully saturated rings. The van der Waals surface area contributed by atoms with Gasteiger partial charge in [0.2, 0.25) is 10.0 Å². The molecule has 102 valence electrons. The van der Waals surface area contributed by atoms with Crippen LogP contribution in [0.3, 0.4) is 0 Å². The molecule has 0 heterocycles. The maximum absolute atomic E-state index is 12.0. The first-order valence-corrected chi connectivity index (χ1v) is 7.56. The molecule has 0 aromatic heterocycles. The zero-order chi connectivity index (χ0) is 13.8. The van der Waals surface area contributed by atoms with Crippen LogP contribution in [0.5, 0.6) is 0 Å². The lowest BCUT2D eigenvalue weighted by molar-refractivity contribution is 0.196. The highest BCUT2D eigenvalue weighted by Gasteiger charge is 2.17. The van der Waals surface area contributed by atoms with E-state index in [-0.39, 0.29) is 9.92 Å². The van der Waals surface area contributed by atoms with Crippen LogP contribution in [-0.4, -0.2) is 28.7 Å². The lowest BCUT2D eigenvalue weighted by Crippen LogP contribution is -2.26. The molecule has 0 radical (unpaired) electrons. The van der Waals surface area contributed by atoms with Gasteiger partial charge in [-0.25, -0.2) is 13.1 Å². The summed E-state index contributed by atoms with van der Waals surface area (Å²) in [5.74, 6) is 0. The molecule has 18 heavy (non-hydrogen) atoms. The Kier molecular flexibility index (Phi) is 5.88. The minimum Gasteiger partial charge on any atom is -0.385 e. The normalized spacial score (nSPS) is 11.8. The van der Waals surface area contributed by atoms with Gasteiger partial charge in [0.05, 0.1) is 14.9 Å². The monoisotopic (exact) mass is 311 g/mol. The summed E-state index contributed by atoms with van der Waals surface area (Å²) >= 11 is 11.6. The van der Waals surface area contributed by atoms with Crippen molar-refractivity contribution in [3.63, 3.8) is 0 Å². The first-order valence-electron chi connectivity index (χ1n) is 5.32. The average Bonchev–Trinajstić information content (AvgIpc) is 2.29. The van der Waals surface area contributed by atoms with Gasteiger partial charge in [0.25, 0.3) is 0 Å². The van der Waals surface area contributed by atoms with E-state index >= 15 is 0 Å². The van der Waals surface area contributed by atoms with E-state index in [1.165, 1.54) is 12.1 Å². The summed E-state index contributed by atoms with van der Waals surface area (Å²) in [5, 5.41) is 0.562. The van der Waals surface area contributed by atoms with E-state index in [9.17, 15) is 8.42 Å². The van der Waals surface area contributed by atoms with Crippen LogP contribution in [0, 0.1) is 6.92 Å². The first-order chi connectivity index (χ1) is 8.38. The minimum atomic E-state index is -3.56. The van der Waals surface area contributed by atoms with Crippen molar-refractivity contribution in [3.8, 4) is 0 Å². The van der Waals surface area contributed by atoms with Crippen LogP contribution in [0.1, 0.15) is 12.0 Å². The third-order valence-corrected chi connectivity index (χ3v) is 4.65. The molecule has 0 aliphatic carbocycles. The zero-order valence-corrected chi connectivity index (χ0v) is 12.5. The largest absolute Gasteiger partial charge is 0.385 e. The number of sulfonamides is 1. The van der Waals surface area contributed by atoms with E-state index in [2.05, 4.69) is 4.72 Å². The third kappa shape index (κ3) is 4.10. The Hall–Kier alpha value is -0.330. The molecule has 0 spiro atoms. The SMILES string of the molecule is COCCCNS(=O)(=O)c1cc(Cl)c(Cl)cc1C.